The topological polar surface area (TPSA) is 12.5 Å². The Morgan fingerprint density at radius 1 is 0.947 bits per heavy atom. The number of hydrogen-bond acceptors (Lipinski definition) is 1. The number of epoxide rings is 1. The molecule has 0 spiro atoms. The second-order valence-corrected chi connectivity index (χ2v) is 5.37. The van der Waals surface area contributed by atoms with Gasteiger partial charge in [-0.2, -0.15) is 0 Å². The van der Waals surface area contributed by atoms with E-state index in [1.54, 1.807) is 0 Å². The molecule has 0 aromatic heterocycles. The predicted molar refractivity (Wildman–Crippen MR) is 79.8 cm³/mol. The summed E-state index contributed by atoms with van der Waals surface area (Å²) < 4.78 is 5.74. The summed E-state index contributed by atoms with van der Waals surface area (Å²) in [5, 5.41) is 0. The first-order chi connectivity index (χ1) is 9.42. The van der Waals surface area contributed by atoms with E-state index in [0.717, 1.165) is 6.42 Å². The lowest BCUT2D eigenvalue weighted by molar-refractivity contribution is 0.360. The van der Waals surface area contributed by atoms with Crippen molar-refractivity contribution in [1.29, 1.82) is 0 Å². The number of benzene rings is 1. The Bertz CT molecular complexity index is 390. The fraction of sp³-hybridized carbons (Fsp3) is 0.556. The van der Waals surface area contributed by atoms with Gasteiger partial charge in [-0.3, -0.25) is 0 Å². The van der Waals surface area contributed by atoms with Gasteiger partial charge in [-0.25, -0.2) is 0 Å². The highest BCUT2D eigenvalue weighted by molar-refractivity contribution is 5.22. The van der Waals surface area contributed by atoms with E-state index in [9.17, 15) is 0 Å². The van der Waals surface area contributed by atoms with E-state index in [0.29, 0.717) is 12.2 Å². The molecule has 2 atom stereocenters. The van der Waals surface area contributed by atoms with Crippen LogP contribution < -0.4 is 0 Å². The van der Waals surface area contributed by atoms with Gasteiger partial charge >= 0.3 is 0 Å². The summed E-state index contributed by atoms with van der Waals surface area (Å²) >= 11 is 0. The van der Waals surface area contributed by atoms with Crippen molar-refractivity contribution in [3.8, 4) is 12.3 Å². The van der Waals surface area contributed by atoms with E-state index in [2.05, 4.69) is 36.3 Å². The summed E-state index contributed by atoms with van der Waals surface area (Å²) in [7, 11) is 0. The Labute approximate surface area is 117 Å². The first-order valence-corrected chi connectivity index (χ1v) is 7.55. The van der Waals surface area contributed by atoms with Gasteiger partial charge < -0.3 is 4.74 Å². The van der Waals surface area contributed by atoms with Crippen molar-refractivity contribution in [2.24, 2.45) is 0 Å². The maximum atomic E-state index is 5.74. The molecule has 1 heterocycles. The minimum Gasteiger partial charge on any atom is -0.365 e. The molecule has 1 aliphatic rings. The first-order valence-electron chi connectivity index (χ1n) is 7.55. The predicted octanol–water partition coefficient (Wildman–Crippen LogP) is 4.88. The van der Waals surface area contributed by atoms with Gasteiger partial charge in [0.25, 0.3) is 0 Å². The molecule has 1 nitrogen and oxygen atoms in total. The number of hydrogen-bond donors (Lipinski definition) is 0. The van der Waals surface area contributed by atoms with Gasteiger partial charge in [-0.1, -0.05) is 62.4 Å². The molecule has 1 saturated heterocycles. The molecule has 19 heavy (non-hydrogen) atoms. The second kappa shape index (κ2) is 8.02. The van der Waals surface area contributed by atoms with E-state index >= 15 is 0 Å². The molecule has 0 saturated carbocycles. The first kappa shape index (κ1) is 14.2. The highest BCUT2D eigenvalue weighted by Crippen LogP contribution is 2.41. The maximum Gasteiger partial charge on any atom is 0.109 e. The summed E-state index contributed by atoms with van der Waals surface area (Å²) in [5.74, 6) is 2.70. The van der Waals surface area contributed by atoms with Crippen LogP contribution in [0.5, 0.6) is 0 Å². The summed E-state index contributed by atoms with van der Waals surface area (Å²) in [4.78, 5) is 0. The van der Waals surface area contributed by atoms with Crippen molar-refractivity contribution in [2.45, 2.75) is 63.6 Å². The maximum absolute atomic E-state index is 5.74. The zero-order valence-corrected chi connectivity index (χ0v) is 11.7. The average Bonchev–Trinajstić information content (AvgIpc) is 3.22. The minimum absolute atomic E-state index is 0.372. The molecular weight excluding hydrogens is 232 g/mol. The van der Waals surface area contributed by atoms with Crippen molar-refractivity contribution in [3.63, 3.8) is 0 Å². The van der Waals surface area contributed by atoms with Gasteiger partial charge in [0.15, 0.2) is 0 Å². The molecule has 0 radical (unpaired) electrons. The van der Waals surface area contributed by atoms with Crippen LogP contribution >= 0.6 is 0 Å². The molecule has 1 fully saturated rings. The highest BCUT2D eigenvalue weighted by atomic mass is 16.6. The Morgan fingerprint density at radius 2 is 1.63 bits per heavy atom. The molecule has 0 bridgehead atoms. The van der Waals surface area contributed by atoms with Crippen LogP contribution in [0.1, 0.15) is 63.0 Å². The molecule has 1 aromatic rings. The summed E-state index contributed by atoms with van der Waals surface area (Å²) in [6.45, 7) is 0. The fourth-order valence-corrected chi connectivity index (χ4v) is 2.58. The molecule has 2 rings (SSSR count). The molecule has 0 amide bonds. The van der Waals surface area contributed by atoms with E-state index < -0.39 is 0 Å². The largest absolute Gasteiger partial charge is 0.365 e. The summed E-state index contributed by atoms with van der Waals surface area (Å²) in [6.07, 6.45) is 16.0. The fourth-order valence-electron chi connectivity index (χ4n) is 2.58. The van der Waals surface area contributed by atoms with Crippen molar-refractivity contribution in [3.05, 3.63) is 35.9 Å². The molecule has 0 unspecified atom stereocenters. The monoisotopic (exact) mass is 256 g/mol. The van der Waals surface area contributed by atoms with Crippen LogP contribution in [0.15, 0.2) is 30.3 Å². The standard InChI is InChI=1S/C18H24O/c1-2-3-4-5-6-7-8-12-15-17-18(19-17)16-13-10-9-11-14-16/h1,9-11,13-14,17-18H,3-8,12,15H2/t17-,18+/m1/s1. The molecule has 1 aromatic carbocycles. The van der Waals surface area contributed by atoms with Gasteiger partial charge in [-0.15, -0.1) is 12.3 Å². The van der Waals surface area contributed by atoms with Crippen molar-refractivity contribution in [2.75, 3.05) is 0 Å². The van der Waals surface area contributed by atoms with Gasteiger partial charge in [0.05, 0.1) is 6.10 Å². The smallest absolute Gasteiger partial charge is 0.109 e. The molecule has 1 heteroatoms. The van der Waals surface area contributed by atoms with E-state index in [-0.39, 0.29) is 0 Å². The Balaban J connectivity index is 1.47. The number of ether oxygens (including phenoxy) is 1. The molecule has 0 N–H and O–H groups in total. The Morgan fingerprint density at radius 3 is 2.37 bits per heavy atom. The highest BCUT2D eigenvalue weighted by Gasteiger charge is 2.38. The molecule has 0 aliphatic carbocycles. The van der Waals surface area contributed by atoms with Crippen LogP contribution in [0.2, 0.25) is 0 Å². The zero-order chi connectivity index (χ0) is 13.3. The normalized spacial score (nSPS) is 21.0. The van der Waals surface area contributed by atoms with Crippen LogP contribution in [0.25, 0.3) is 0 Å². The van der Waals surface area contributed by atoms with Gasteiger partial charge in [0.2, 0.25) is 0 Å². The van der Waals surface area contributed by atoms with E-state index in [1.165, 1.54) is 50.5 Å². The lowest BCUT2D eigenvalue weighted by Gasteiger charge is -1.99. The number of rotatable bonds is 9. The SMILES string of the molecule is C#CCCCCCCCC[C@H]1O[C@H]1c1ccccc1. The third kappa shape index (κ3) is 5.09. The number of unbranched alkanes of at least 4 members (excludes halogenated alkanes) is 6. The molecule has 1 aliphatic heterocycles. The minimum atomic E-state index is 0.372. The molecular formula is C18H24O. The third-order valence-electron chi connectivity index (χ3n) is 3.77. The Hall–Kier alpha value is -1.26. The number of terminal acetylenes is 1. The van der Waals surface area contributed by atoms with E-state index in [1.807, 2.05) is 0 Å². The van der Waals surface area contributed by atoms with Gasteiger partial charge in [-0.05, 0) is 18.4 Å². The van der Waals surface area contributed by atoms with Crippen LogP contribution in [-0.4, -0.2) is 6.10 Å². The van der Waals surface area contributed by atoms with Crippen LogP contribution in [0.4, 0.5) is 0 Å². The van der Waals surface area contributed by atoms with Crippen LogP contribution in [0, 0.1) is 12.3 Å². The zero-order valence-electron chi connectivity index (χ0n) is 11.7. The average molecular weight is 256 g/mol. The summed E-state index contributed by atoms with van der Waals surface area (Å²) in [5.41, 5.74) is 1.33. The lowest BCUT2D eigenvalue weighted by atomic mass is 10.0. The van der Waals surface area contributed by atoms with Gasteiger partial charge in [0.1, 0.15) is 6.10 Å². The third-order valence-corrected chi connectivity index (χ3v) is 3.77. The van der Waals surface area contributed by atoms with Gasteiger partial charge in [0, 0.05) is 6.42 Å². The lowest BCUT2D eigenvalue weighted by Crippen LogP contribution is -1.89. The molecule has 102 valence electrons. The van der Waals surface area contributed by atoms with Crippen molar-refractivity contribution in [1.82, 2.24) is 0 Å². The van der Waals surface area contributed by atoms with Crippen LogP contribution in [-0.2, 0) is 4.74 Å². The second-order valence-electron chi connectivity index (χ2n) is 5.37. The Kier molecular flexibility index (Phi) is 5.98. The van der Waals surface area contributed by atoms with E-state index in [4.69, 9.17) is 11.2 Å². The van der Waals surface area contributed by atoms with Crippen molar-refractivity contribution < 1.29 is 4.74 Å². The quantitative estimate of drug-likeness (QED) is 0.348. The van der Waals surface area contributed by atoms with Crippen LogP contribution in [0.3, 0.4) is 0 Å². The summed E-state index contributed by atoms with van der Waals surface area (Å²) in [6, 6.07) is 10.6. The van der Waals surface area contributed by atoms with Crippen molar-refractivity contribution >= 4 is 0 Å².